The lowest BCUT2D eigenvalue weighted by Gasteiger charge is -2.14. The Kier molecular flexibility index (Phi) is 4.29. The van der Waals surface area contributed by atoms with Crippen LogP contribution in [0.5, 0.6) is 0 Å². The van der Waals surface area contributed by atoms with Gasteiger partial charge in [-0.25, -0.2) is 9.37 Å². The van der Waals surface area contributed by atoms with Crippen molar-refractivity contribution in [2.45, 2.75) is 36.9 Å². The van der Waals surface area contributed by atoms with E-state index in [1.807, 2.05) is 18.7 Å². The molecular formula is C14H15BrClFN2S. The van der Waals surface area contributed by atoms with Crippen LogP contribution in [0.1, 0.15) is 31.0 Å². The van der Waals surface area contributed by atoms with E-state index >= 15 is 0 Å². The lowest BCUT2D eigenvalue weighted by molar-refractivity contribution is 0.618. The maximum atomic E-state index is 13.7. The van der Waals surface area contributed by atoms with Crippen molar-refractivity contribution in [3.05, 3.63) is 28.2 Å². The van der Waals surface area contributed by atoms with Crippen molar-refractivity contribution in [1.29, 1.82) is 0 Å². The van der Waals surface area contributed by atoms with Gasteiger partial charge in [-0.3, -0.25) is 0 Å². The second-order valence-electron chi connectivity index (χ2n) is 5.09. The molecule has 2 aromatic rings. The van der Waals surface area contributed by atoms with Crippen molar-refractivity contribution in [2.24, 2.45) is 0 Å². The molecule has 2 heterocycles. The Balaban J connectivity index is 2.10. The Morgan fingerprint density at radius 3 is 3.05 bits per heavy atom. The Hall–Kier alpha value is -0.260. The number of rotatable bonds is 3. The topological polar surface area (TPSA) is 17.8 Å². The average molecular weight is 378 g/mol. The maximum absolute atomic E-state index is 13.7. The predicted molar refractivity (Wildman–Crippen MR) is 87.1 cm³/mol. The van der Waals surface area contributed by atoms with E-state index in [-0.39, 0.29) is 11.2 Å². The SMILES string of the molecule is CC(Cl)c1nc2cc(F)c(Br)cc2n1CC1CCCS1. The molecule has 108 valence electrons. The summed E-state index contributed by atoms with van der Waals surface area (Å²) < 4.78 is 16.3. The molecule has 2 atom stereocenters. The van der Waals surface area contributed by atoms with Crippen molar-refractivity contribution < 1.29 is 4.39 Å². The number of thioether (sulfide) groups is 1. The van der Waals surface area contributed by atoms with Gasteiger partial charge in [0.15, 0.2) is 0 Å². The molecule has 3 rings (SSSR count). The summed E-state index contributed by atoms with van der Waals surface area (Å²) >= 11 is 11.5. The van der Waals surface area contributed by atoms with Crippen LogP contribution in [-0.4, -0.2) is 20.6 Å². The minimum atomic E-state index is -0.286. The van der Waals surface area contributed by atoms with E-state index in [4.69, 9.17) is 11.6 Å². The zero-order chi connectivity index (χ0) is 14.3. The van der Waals surface area contributed by atoms with Gasteiger partial charge in [-0.05, 0) is 47.5 Å². The number of imidazole rings is 1. The molecule has 1 fully saturated rings. The minimum Gasteiger partial charge on any atom is -0.326 e. The normalized spacial score (nSPS) is 20.7. The number of alkyl halides is 1. The van der Waals surface area contributed by atoms with Crippen LogP contribution in [0.4, 0.5) is 4.39 Å². The number of benzene rings is 1. The molecule has 0 radical (unpaired) electrons. The molecule has 0 aliphatic carbocycles. The minimum absolute atomic E-state index is 0.185. The van der Waals surface area contributed by atoms with Crippen LogP contribution in [-0.2, 0) is 6.54 Å². The largest absolute Gasteiger partial charge is 0.326 e. The molecular weight excluding hydrogens is 363 g/mol. The summed E-state index contributed by atoms with van der Waals surface area (Å²) in [6.45, 7) is 2.80. The van der Waals surface area contributed by atoms with Gasteiger partial charge in [0, 0.05) is 17.9 Å². The number of fused-ring (bicyclic) bond motifs is 1. The van der Waals surface area contributed by atoms with Crippen molar-refractivity contribution in [2.75, 3.05) is 5.75 Å². The van der Waals surface area contributed by atoms with Gasteiger partial charge in [0.1, 0.15) is 11.6 Å². The fraction of sp³-hybridized carbons (Fsp3) is 0.500. The fourth-order valence-corrected chi connectivity index (χ4v) is 4.38. The second-order valence-corrected chi connectivity index (χ2v) is 8.00. The predicted octanol–water partition coefficient (Wildman–Crippen LogP) is 5.13. The monoisotopic (exact) mass is 376 g/mol. The van der Waals surface area contributed by atoms with E-state index in [2.05, 4.69) is 25.5 Å². The number of nitrogens with zero attached hydrogens (tertiary/aromatic N) is 2. The van der Waals surface area contributed by atoms with Crippen LogP contribution < -0.4 is 0 Å². The summed E-state index contributed by atoms with van der Waals surface area (Å²) in [7, 11) is 0. The van der Waals surface area contributed by atoms with E-state index < -0.39 is 0 Å². The van der Waals surface area contributed by atoms with Gasteiger partial charge in [-0.2, -0.15) is 11.8 Å². The lowest BCUT2D eigenvalue weighted by atomic mass is 10.2. The van der Waals surface area contributed by atoms with Gasteiger partial charge < -0.3 is 4.57 Å². The van der Waals surface area contributed by atoms with Gasteiger partial charge in [0.2, 0.25) is 0 Å². The number of hydrogen-bond acceptors (Lipinski definition) is 2. The highest BCUT2D eigenvalue weighted by atomic mass is 79.9. The van der Waals surface area contributed by atoms with E-state index in [1.165, 1.54) is 24.7 Å². The van der Waals surface area contributed by atoms with Crippen LogP contribution >= 0.6 is 39.3 Å². The Morgan fingerprint density at radius 1 is 1.60 bits per heavy atom. The third-order valence-corrected chi connectivity index (χ3v) is 5.77. The molecule has 6 heteroatoms. The van der Waals surface area contributed by atoms with Gasteiger partial charge >= 0.3 is 0 Å². The van der Waals surface area contributed by atoms with E-state index in [9.17, 15) is 4.39 Å². The fourth-order valence-electron chi connectivity index (χ4n) is 2.63. The molecule has 0 N–H and O–H groups in total. The second kappa shape index (κ2) is 5.85. The summed E-state index contributed by atoms with van der Waals surface area (Å²) in [4.78, 5) is 4.52. The number of halogens is 3. The van der Waals surface area contributed by atoms with Crippen LogP contribution in [0.3, 0.4) is 0 Å². The molecule has 2 nitrogen and oxygen atoms in total. The highest BCUT2D eigenvalue weighted by Gasteiger charge is 2.22. The van der Waals surface area contributed by atoms with Gasteiger partial charge in [0.25, 0.3) is 0 Å². The summed E-state index contributed by atoms with van der Waals surface area (Å²) in [6, 6.07) is 3.28. The van der Waals surface area contributed by atoms with Crippen LogP contribution in [0.2, 0.25) is 0 Å². The summed E-state index contributed by atoms with van der Waals surface area (Å²) in [6.07, 6.45) is 2.49. The first-order chi connectivity index (χ1) is 9.56. The quantitative estimate of drug-likeness (QED) is 0.690. The first kappa shape index (κ1) is 14.7. The van der Waals surface area contributed by atoms with Crippen LogP contribution in [0.25, 0.3) is 11.0 Å². The molecule has 1 aliphatic rings. The Bertz CT molecular complexity index is 638. The first-order valence-electron chi connectivity index (χ1n) is 6.67. The van der Waals surface area contributed by atoms with Gasteiger partial charge in [-0.1, -0.05) is 0 Å². The molecule has 1 aromatic heterocycles. The van der Waals surface area contributed by atoms with Crippen molar-refractivity contribution >= 4 is 50.3 Å². The molecule has 2 unspecified atom stereocenters. The van der Waals surface area contributed by atoms with Gasteiger partial charge in [0.05, 0.1) is 20.9 Å². The highest BCUT2D eigenvalue weighted by Crippen LogP contribution is 2.33. The van der Waals surface area contributed by atoms with Crippen LogP contribution in [0.15, 0.2) is 16.6 Å². The summed E-state index contributed by atoms with van der Waals surface area (Å²) in [5.74, 6) is 1.76. The van der Waals surface area contributed by atoms with Crippen molar-refractivity contribution in [1.82, 2.24) is 9.55 Å². The molecule has 0 amide bonds. The molecule has 0 spiro atoms. The summed E-state index contributed by atoms with van der Waals surface area (Å²) in [5, 5.41) is 0.418. The molecule has 1 aliphatic heterocycles. The molecule has 1 saturated heterocycles. The Morgan fingerprint density at radius 2 is 2.40 bits per heavy atom. The van der Waals surface area contributed by atoms with E-state index in [0.29, 0.717) is 15.2 Å². The highest BCUT2D eigenvalue weighted by molar-refractivity contribution is 9.10. The average Bonchev–Trinajstić information content (AvgIpc) is 3.00. The third-order valence-electron chi connectivity index (χ3n) is 3.59. The molecule has 1 aromatic carbocycles. The molecule has 20 heavy (non-hydrogen) atoms. The van der Waals surface area contributed by atoms with Crippen molar-refractivity contribution in [3.63, 3.8) is 0 Å². The molecule has 0 bridgehead atoms. The standard InChI is InChI=1S/C14H15BrClFN2S/c1-8(16)14-18-12-6-11(17)10(15)5-13(12)19(14)7-9-3-2-4-20-9/h5-6,8-9H,2-4,7H2,1H3. The van der Waals surface area contributed by atoms with Crippen LogP contribution in [0, 0.1) is 5.82 Å². The number of aromatic nitrogens is 2. The maximum Gasteiger partial charge on any atom is 0.139 e. The zero-order valence-corrected chi connectivity index (χ0v) is 14.2. The number of hydrogen-bond donors (Lipinski definition) is 0. The van der Waals surface area contributed by atoms with E-state index in [1.54, 1.807) is 6.07 Å². The van der Waals surface area contributed by atoms with Gasteiger partial charge in [-0.15, -0.1) is 11.6 Å². The van der Waals surface area contributed by atoms with E-state index in [0.717, 1.165) is 17.9 Å². The lowest BCUT2D eigenvalue weighted by Crippen LogP contribution is -2.13. The smallest absolute Gasteiger partial charge is 0.139 e. The molecule has 0 saturated carbocycles. The van der Waals surface area contributed by atoms with Crippen molar-refractivity contribution in [3.8, 4) is 0 Å². The zero-order valence-electron chi connectivity index (χ0n) is 11.1. The first-order valence-corrected chi connectivity index (χ1v) is 8.95. The Labute approximate surface area is 135 Å². The third kappa shape index (κ3) is 2.72. The summed E-state index contributed by atoms with van der Waals surface area (Å²) in [5.41, 5.74) is 1.63.